The minimum atomic E-state index is -1.78. The van der Waals surface area contributed by atoms with Gasteiger partial charge in [0.15, 0.2) is 0 Å². The maximum Gasteiger partial charge on any atom is 2.00 e. The van der Waals surface area contributed by atoms with Crippen molar-refractivity contribution < 1.29 is 60.5 Å². The first-order chi connectivity index (χ1) is 10.00. The van der Waals surface area contributed by atoms with E-state index < -0.39 is 8.07 Å². The largest absolute Gasteiger partial charge is 2.00 e. The van der Waals surface area contributed by atoms with E-state index in [2.05, 4.69) is 51.2 Å². The molecule has 0 bridgehead atoms. The van der Waals surface area contributed by atoms with Gasteiger partial charge in [0.05, 0.1) is 0 Å². The third-order valence-electron chi connectivity index (χ3n) is 4.86. The Morgan fingerprint density at radius 1 is 0.792 bits per heavy atom. The zero-order chi connectivity index (χ0) is 14.8. The van der Waals surface area contributed by atoms with E-state index >= 15 is 0 Å². The maximum absolute atomic E-state index is 5.73. The molecule has 0 spiro atoms. The summed E-state index contributed by atoms with van der Waals surface area (Å²) >= 11 is 0. The van der Waals surface area contributed by atoms with Crippen molar-refractivity contribution in [3.05, 3.63) is 68.5 Å². The first-order valence-corrected chi connectivity index (χ1v) is 10.5. The molecule has 0 saturated carbocycles. The number of allylic oxidation sites excluding steroid dienone is 6. The molecule has 126 valence electrons. The molecule has 0 amide bonds. The van der Waals surface area contributed by atoms with E-state index in [0.717, 1.165) is 24.7 Å². The normalized spacial score (nSPS) is 20.5. The second kappa shape index (κ2) is 7.53. The van der Waals surface area contributed by atoms with Crippen LogP contribution in [0.1, 0.15) is 13.8 Å². The van der Waals surface area contributed by atoms with Gasteiger partial charge in [-0.1, -0.05) is 13.1 Å². The first kappa shape index (κ1) is 21.8. The van der Waals surface area contributed by atoms with Crippen molar-refractivity contribution in [1.29, 1.82) is 0 Å². The molecule has 0 aromatic rings. The Kier molecular flexibility index (Phi) is 6.83. The van der Waals surface area contributed by atoms with Crippen molar-refractivity contribution >= 4 is 8.07 Å². The zero-order valence-corrected chi connectivity index (χ0v) is 19.3. The van der Waals surface area contributed by atoms with Gasteiger partial charge < -0.3 is 34.3 Å². The number of halogens is 2. The number of fused-ring (bicyclic) bond motifs is 2. The van der Waals surface area contributed by atoms with Gasteiger partial charge in [-0.2, -0.15) is 0 Å². The van der Waals surface area contributed by atoms with Crippen LogP contribution in [0.15, 0.2) is 68.5 Å². The molecular weight excluding hydrogens is 438 g/mol. The summed E-state index contributed by atoms with van der Waals surface area (Å²) in [6.07, 6.45) is 8.90. The van der Waals surface area contributed by atoms with E-state index in [1.54, 1.807) is 0 Å². The molecule has 0 saturated heterocycles. The minimum Gasteiger partial charge on any atom is -1.00 e. The number of hydrogen-bond donors (Lipinski definition) is 0. The zero-order valence-electron chi connectivity index (χ0n) is 14.3. The molecule has 2 aliphatic carbocycles. The van der Waals surface area contributed by atoms with E-state index in [9.17, 15) is 0 Å². The van der Waals surface area contributed by atoms with Crippen molar-refractivity contribution in [3.8, 4) is 0 Å². The van der Waals surface area contributed by atoms with E-state index in [1.807, 2.05) is 0 Å². The number of rotatable bonds is 2. The molecule has 0 aromatic carbocycles. The summed E-state index contributed by atoms with van der Waals surface area (Å²) in [5, 5.41) is 3.07. The third-order valence-corrected chi connectivity index (χ3v) is 8.68. The van der Waals surface area contributed by atoms with Gasteiger partial charge in [0.25, 0.3) is 0 Å². The van der Waals surface area contributed by atoms with Crippen LogP contribution in [0.3, 0.4) is 0 Å². The molecular formula is C18H20Cl2O2SiZr. The van der Waals surface area contributed by atoms with Gasteiger partial charge in [-0.25, -0.2) is 0 Å². The number of hydrogen-bond acceptors (Lipinski definition) is 2. The van der Waals surface area contributed by atoms with Crippen LogP contribution in [0.5, 0.6) is 0 Å². The van der Waals surface area contributed by atoms with Crippen molar-refractivity contribution in [2.75, 3.05) is 13.2 Å². The Morgan fingerprint density at radius 2 is 1.17 bits per heavy atom. The Hall–Kier alpha value is -0.280. The van der Waals surface area contributed by atoms with Gasteiger partial charge in [0, 0.05) is 11.1 Å². The monoisotopic (exact) mass is 456 g/mol. The predicted molar refractivity (Wildman–Crippen MR) is 87.1 cm³/mol. The molecule has 2 nitrogen and oxygen atoms in total. The summed E-state index contributed by atoms with van der Waals surface area (Å²) in [4.78, 5) is 0. The smallest absolute Gasteiger partial charge is 1.00 e. The van der Waals surface area contributed by atoms with Gasteiger partial charge in [0.1, 0.15) is 32.8 Å². The first-order valence-electron chi connectivity index (χ1n) is 7.53. The molecule has 0 unspecified atom stereocenters. The molecule has 4 rings (SSSR count). The van der Waals surface area contributed by atoms with Crippen LogP contribution in [-0.4, -0.2) is 21.3 Å². The fourth-order valence-corrected chi connectivity index (χ4v) is 8.39. The minimum absolute atomic E-state index is 0. The average Bonchev–Trinajstić information content (AvgIpc) is 3.07. The van der Waals surface area contributed by atoms with Crippen LogP contribution in [0.4, 0.5) is 0 Å². The van der Waals surface area contributed by atoms with Crippen molar-refractivity contribution in [1.82, 2.24) is 0 Å². The topological polar surface area (TPSA) is 18.5 Å². The van der Waals surface area contributed by atoms with Crippen LogP contribution >= 0.6 is 0 Å². The van der Waals surface area contributed by atoms with Gasteiger partial charge >= 0.3 is 26.2 Å². The fourth-order valence-electron chi connectivity index (χ4n) is 4.22. The van der Waals surface area contributed by atoms with Crippen LogP contribution in [0.25, 0.3) is 0 Å². The predicted octanol–water partition coefficient (Wildman–Crippen LogP) is -1.88. The number of ether oxygens (including phenoxy) is 2. The van der Waals surface area contributed by atoms with E-state index in [-0.39, 0.29) is 51.0 Å². The van der Waals surface area contributed by atoms with Crippen molar-refractivity contribution in [2.24, 2.45) is 0 Å². The van der Waals surface area contributed by atoms with Crippen LogP contribution in [0, 0.1) is 0 Å². The summed E-state index contributed by atoms with van der Waals surface area (Å²) in [7, 11) is -1.78. The molecule has 6 heteroatoms. The summed E-state index contributed by atoms with van der Waals surface area (Å²) in [6.45, 7) is 10.8. The molecule has 2 aliphatic heterocycles. The summed E-state index contributed by atoms with van der Waals surface area (Å²) < 4.78 is 11.5. The fraction of sp³-hybridized carbons (Fsp3) is 0.333. The van der Waals surface area contributed by atoms with Gasteiger partial charge in [-0.15, -0.1) is 0 Å². The van der Waals surface area contributed by atoms with Gasteiger partial charge in [-0.3, -0.25) is 0 Å². The van der Waals surface area contributed by atoms with E-state index in [0.29, 0.717) is 0 Å². The van der Waals surface area contributed by atoms with Gasteiger partial charge in [0.2, 0.25) is 0 Å². The quantitative estimate of drug-likeness (QED) is 0.451. The van der Waals surface area contributed by atoms with E-state index in [1.165, 1.54) is 32.7 Å². The Labute approximate surface area is 176 Å². The molecule has 0 fully saturated rings. The molecule has 4 aliphatic rings. The Balaban J connectivity index is 0.000000960. The molecule has 24 heavy (non-hydrogen) atoms. The summed E-state index contributed by atoms with van der Waals surface area (Å²) in [5.41, 5.74) is 5.44. The second-order valence-electron chi connectivity index (χ2n) is 6.62. The second-order valence-corrected chi connectivity index (χ2v) is 10.9. The van der Waals surface area contributed by atoms with Crippen LogP contribution < -0.4 is 24.8 Å². The average molecular weight is 459 g/mol. The molecule has 0 radical (unpaired) electrons. The Morgan fingerprint density at radius 3 is 1.54 bits per heavy atom. The molecule has 0 atom stereocenters. The standard InChI is InChI=1S/C18H20O2Si.2ClH.Zr/c1-11-9-15-13(5-7-19-15)17(11)21(3,4)18-12(2)10-16-14(18)6-8-20-16;;;/h5-6,9-10H,7-8H2,1-4H3;2*1H;/q;;;+2/p-2. The SMILES string of the molecule is CC1=C([Si](C)(C)C2=C(C)C=C3OCC=C32)C2=CCOC2=C1.[Cl-].[Cl-].[Zr+2]. The summed E-state index contributed by atoms with van der Waals surface area (Å²) in [6, 6.07) is 0. The van der Waals surface area contributed by atoms with Crippen LogP contribution in [-0.2, 0) is 35.7 Å². The Bertz CT molecular complexity index is 693. The maximum atomic E-state index is 5.73. The van der Waals surface area contributed by atoms with Crippen molar-refractivity contribution in [2.45, 2.75) is 26.9 Å². The molecule has 0 aromatic heterocycles. The summed E-state index contributed by atoms with van der Waals surface area (Å²) in [5.74, 6) is 2.15. The molecule has 2 heterocycles. The van der Waals surface area contributed by atoms with Gasteiger partial charge in [-0.05, 0) is 59.7 Å². The van der Waals surface area contributed by atoms with E-state index in [4.69, 9.17) is 9.47 Å². The molecule has 0 N–H and O–H groups in total. The van der Waals surface area contributed by atoms with Crippen LogP contribution in [0.2, 0.25) is 13.1 Å². The van der Waals surface area contributed by atoms with Crippen molar-refractivity contribution in [3.63, 3.8) is 0 Å². The third kappa shape index (κ3) is 3.00.